The molecule has 1 aromatic rings. The fourth-order valence-corrected chi connectivity index (χ4v) is 2.83. The second kappa shape index (κ2) is 7.80. The van der Waals surface area contributed by atoms with Crippen molar-refractivity contribution in [2.45, 2.75) is 44.6 Å². The first-order chi connectivity index (χ1) is 10.2. The molecule has 0 spiro atoms. The van der Waals surface area contributed by atoms with Gasteiger partial charge in [0.15, 0.2) is 0 Å². The summed E-state index contributed by atoms with van der Waals surface area (Å²) in [4.78, 5) is 18.7. The Kier molecular flexibility index (Phi) is 5.77. The summed E-state index contributed by atoms with van der Waals surface area (Å²) in [6.45, 7) is 0.279. The zero-order chi connectivity index (χ0) is 15.1. The molecule has 4 heteroatoms. The number of pyridine rings is 1. The molecule has 2 rings (SSSR count). The van der Waals surface area contributed by atoms with Crippen molar-refractivity contribution in [3.05, 3.63) is 29.6 Å². The average molecular weight is 285 g/mol. The molecule has 0 aromatic carbocycles. The third-order valence-electron chi connectivity index (χ3n) is 4.07. The molecule has 1 aliphatic rings. The molecule has 0 radical (unpaired) electrons. The van der Waals surface area contributed by atoms with Crippen molar-refractivity contribution >= 4 is 5.91 Å². The molecule has 0 atom stereocenters. The number of aromatic nitrogens is 1. The van der Waals surface area contributed by atoms with Gasteiger partial charge in [0.2, 0.25) is 0 Å². The number of nitrogens with zero attached hydrogens (tertiary/aromatic N) is 2. The first kappa shape index (κ1) is 15.5. The molecule has 1 aliphatic carbocycles. The van der Waals surface area contributed by atoms with Crippen LogP contribution in [0.2, 0.25) is 0 Å². The summed E-state index contributed by atoms with van der Waals surface area (Å²) in [5.41, 5.74) is 6.69. The van der Waals surface area contributed by atoms with E-state index in [0.29, 0.717) is 17.2 Å². The SMILES string of the molecule is CN(C(=O)c1ccncc1C#CCN)C1CCCCCC1. The lowest BCUT2D eigenvalue weighted by Crippen LogP contribution is -2.37. The van der Waals surface area contributed by atoms with Gasteiger partial charge in [-0.3, -0.25) is 9.78 Å². The van der Waals surface area contributed by atoms with Gasteiger partial charge < -0.3 is 10.6 Å². The number of carbonyl (C=O) groups excluding carboxylic acids is 1. The van der Waals surface area contributed by atoms with Crippen molar-refractivity contribution in [1.82, 2.24) is 9.88 Å². The predicted molar refractivity (Wildman–Crippen MR) is 83.8 cm³/mol. The number of hydrogen-bond donors (Lipinski definition) is 1. The molecule has 1 amide bonds. The summed E-state index contributed by atoms with van der Waals surface area (Å²) >= 11 is 0. The van der Waals surface area contributed by atoms with Crippen LogP contribution in [0.5, 0.6) is 0 Å². The molecule has 1 fully saturated rings. The molecule has 21 heavy (non-hydrogen) atoms. The predicted octanol–water partition coefficient (Wildman–Crippen LogP) is 2.19. The zero-order valence-corrected chi connectivity index (χ0v) is 12.6. The Labute approximate surface area is 126 Å². The van der Waals surface area contributed by atoms with Crippen molar-refractivity contribution in [3.63, 3.8) is 0 Å². The summed E-state index contributed by atoms with van der Waals surface area (Å²) in [5, 5.41) is 0. The molecule has 0 bridgehead atoms. The molecule has 4 nitrogen and oxygen atoms in total. The highest BCUT2D eigenvalue weighted by molar-refractivity contribution is 5.96. The van der Waals surface area contributed by atoms with Crippen molar-refractivity contribution in [1.29, 1.82) is 0 Å². The Balaban J connectivity index is 2.18. The van der Waals surface area contributed by atoms with Gasteiger partial charge in [0.1, 0.15) is 0 Å². The van der Waals surface area contributed by atoms with Crippen LogP contribution in [0.15, 0.2) is 18.5 Å². The van der Waals surface area contributed by atoms with E-state index in [0.717, 1.165) is 12.8 Å². The summed E-state index contributed by atoms with van der Waals surface area (Å²) < 4.78 is 0. The van der Waals surface area contributed by atoms with Crippen LogP contribution in [0, 0.1) is 11.8 Å². The van der Waals surface area contributed by atoms with E-state index in [1.807, 2.05) is 11.9 Å². The number of rotatable bonds is 2. The number of carbonyl (C=O) groups is 1. The van der Waals surface area contributed by atoms with Crippen LogP contribution in [0.25, 0.3) is 0 Å². The minimum absolute atomic E-state index is 0.0330. The standard InChI is InChI=1S/C17H23N3O/c1-20(15-8-4-2-3-5-9-15)17(21)16-10-12-19-13-14(16)7-6-11-18/h10,12-13,15H,2-5,8-9,11,18H2,1H3. The van der Waals surface area contributed by atoms with Gasteiger partial charge in [-0.25, -0.2) is 0 Å². The fourth-order valence-electron chi connectivity index (χ4n) is 2.83. The van der Waals surface area contributed by atoms with E-state index in [-0.39, 0.29) is 12.5 Å². The summed E-state index contributed by atoms with van der Waals surface area (Å²) in [7, 11) is 1.90. The number of amides is 1. The van der Waals surface area contributed by atoms with E-state index in [2.05, 4.69) is 16.8 Å². The van der Waals surface area contributed by atoms with Crippen molar-refractivity contribution in [3.8, 4) is 11.8 Å². The third-order valence-corrected chi connectivity index (χ3v) is 4.07. The van der Waals surface area contributed by atoms with E-state index in [9.17, 15) is 4.79 Å². The molecule has 1 saturated carbocycles. The zero-order valence-electron chi connectivity index (χ0n) is 12.6. The molecular weight excluding hydrogens is 262 g/mol. The van der Waals surface area contributed by atoms with Crippen molar-refractivity contribution in [2.75, 3.05) is 13.6 Å². The van der Waals surface area contributed by atoms with Gasteiger partial charge in [0.25, 0.3) is 5.91 Å². The highest BCUT2D eigenvalue weighted by Gasteiger charge is 2.23. The average Bonchev–Trinajstić information content (AvgIpc) is 2.81. The normalized spacial score (nSPS) is 15.7. The summed E-state index contributed by atoms with van der Waals surface area (Å²) in [6.07, 6.45) is 10.4. The van der Waals surface area contributed by atoms with Gasteiger partial charge in [-0.05, 0) is 18.9 Å². The van der Waals surface area contributed by atoms with E-state index < -0.39 is 0 Å². The summed E-state index contributed by atoms with van der Waals surface area (Å²) in [6, 6.07) is 2.08. The van der Waals surface area contributed by atoms with Gasteiger partial charge in [0, 0.05) is 25.5 Å². The van der Waals surface area contributed by atoms with Crippen LogP contribution in [-0.4, -0.2) is 35.4 Å². The van der Waals surface area contributed by atoms with Crippen LogP contribution in [-0.2, 0) is 0 Å². The van der Waals surface area contributed by atoms with E-state index >= 15 is 0 Å². The molecule has 1 heterocycles. The van der Waals surface area contributed by atoms with Crippen molar-refractivity contribution in [2.24, 2.45) is 5.73 Å². The van der Waals surface area contributed by atoms with Crippen molar-refractivity contribution < 1.29 is 4.79 Å². The molecule has 0 aliphatic heterocycles. The Bertz CT molecular complexity index is 536. The minimum Gasteiger partial charge on any atom is -0.339 e. The van der Waals surface area contributed by atoms with Gasteiger partial charge in [-0.15, -0.1) is 0 Å². The lowest BCUT2D eigenvalue weighted by atomic mass is 10.0. The lowest BCUT2D eigenvalue weighted by molar-refractivity contribution is 0.0717. The van der Waals surface area contributed by atoms with Crippen LogP contribution in [0.4, 0.5) is 0 Å². The molecule has 1 aromatic heterocycles. The maximum Gasteiger partial charge on any atom is 0.255 e. The smallest absolute Gasteiger partial charge is 0.255 e. The van der Waals surface area contributed by atoms with Crippen LogP contribution >= 0.6 is 0 Å². The first-order valence-electron chi connectivity index (χ1n) is 7.64. The quantitative estimate of drug-likeness (QED) is 0.669. The van der Waals surface area contributed by atoms with E-state index in [1.54, 1.807) is 18.5 Å². The maximum absolute atomic E-state index is 12.7. The monoisotopic (exact) mass is 285 g/mol. The molecule has 0 unspecified atom stereocenters. The molecular formula is C17H23N3O. The topological polar surface area (TPSA) is 59.2 Å². The molecule has 0 saturated heterocycles. The van der Waals surface area contributed by atoms with E-state index in [1.165, 1.54) is 25.7 Å². The minimum atomic E-state index is 0.0330. The Morgan fingerprint density at radius 3 is 2.76 bits per heavy atom. The van der Waals surface area contributed by atoms with Gasteiger partial charge in [-0.1, -0.05) is 37.5 Å². The second-order valence-electron chi connectivity index (χ2n) is 5.49. The fraction of sp³-hybridized carbons (Fsp3) is 0.529. The van der Waals surface area contributed by atoms with Gasteiger partial charge >= 0.3 is 0 Å². The third kappa shape index (κ3) is 4.05. The number of nitrogens with two attached hydrogens (primary N) is 1. The Morgan fingerprint density at radius 2 is 2.10 bits per heavy atom. The van der Waals surface area contributed by atoms with Crippen LogP contribution in [0.1, 0.15) is 54.4 Å². The van der Waals surface area contributed by atoms with Crippen LogP contribution in [0.3, 0.4) is 0 Å². The Hall–Kier alpha value is -1.86. The Morgan fingerprint density at radius 1 is 1.38 bits per heavy atom. The largest absolute Gasteiger partial charge is 0.339 e. The highest BCUT2D eigenvalue weighted by atomic mass is 16.2. The summed E-state index contributed by atoms with van der Waals surface area (Å²) in [5.74, 6) is 5.77. The van der Waals surface area contributed by atoms with Crippen LogP contribution < -0.4 is 5.73 Å². The number of hydrogen-bond acceptors (Lipinski definition) is 3. The molecule has 112 valence electrons. The second-order valence-corrected chi connectivity index (χ2v) is 5.49. The highest BCUT2D eigenvalue weighted by Crippen LogP contribution is 2.22. The van der Waals surface area contributed by atoms with Gasteiger partial charge in [0.05, 0.1) is 17.7 Å². The molecule has 2 N–H and O–H groups in total. The lowest BCUT2D eigenvalue weighted by Gasteiger charge is -2.27. The maximum atomic E-state index is 12.7. The van der Waals surface area contributed by atoms with E-state index in [4.69, 9.17) is 5.73 Å². The first-order valence-corrected chi connectivity index (χ1v) is 7.64. The van der Waals surface area contributed by atoms with Gasteiger partial charge in [-0.2, -0.15) is 0 Å².